The monoisotopic (exact) mass is 513 g/mol. The van der Waals surface area contributed by atoms with Crippen molar-refractivity contribution in [1.82, 2.24) is 15.1 Å². The number of alkyl halides is 2. The van der Waals surface area contributed by atoms with Gasteiger partial charge >= 0.3 is 0 Å². The summed E-state index contributed by atoms with van der Waals surface area (Å²) >= 11 is 0. The predicted octanol–water partition coefficient (Wildman–Crippen LogP) is 4.74. The Morgan fingerprint density at radius 2 is 1.97 bits per heavy atom. The van der Waals surface area contributed by atoms with Crippen molar-refractivity contribution in [2.75, 3.05) is 49.6 Å². The quantitative estimate of drug-likeness (QED) is 0.514. The Morgan fingerprint density at radius 1 is 1.19 bits per heavy atom. The molecule has 0 radical (unpaired) electrons. The van der Waals surface area contributed by atoms with E-state index in [-0.39, 0.29) is 17.4 Å². The number of anilines is 2. The molecule has 1 amide bonds. The van der Waals surface area contributed by atoms with Crippen LogP contribution in [0.2, 0.25) is 0 Å². The summed E-state index contributed by atoms with van der Waals surface area (Å²) in [5.41, 5.74) is 1.78. The number of piperazine rings is 1. The van der Waals surface area contributed by atoms with Gasteiger partial charge in [0.2, 0.25) is 5.91 Å². The normalized spacial score (nSPS) is 19.3. The first-order valence-electron chi connectivity index (χ1n) is 12.5. The minimum atomic E-state index is -3.28. The smallest absolute Gasteiger partial charge is 0.273 e. The van der Waals surface area contributed by atoms with Crippen molar-refractivity contribution in [2.45, 2.75) is 32.2 Å². The summed E-state index contributed by atoms with van der Waals surface area (Å²) in [6.45, 7) is 6.25. The summed E-state index contributed by atoms with van der Waals surface area (Å²) < 4.78 is 48.0. The van der Waals surface area contributed by atoms with Crippen LogP contribution in [0, 0.1) is 11.7 Å². The van der Waals surface area contributed by atoms with Gasteiger partial charge in [0.25, 0.3) is 5.92 Å². The fourth-order valence-corrected chi connectivity index (χ4v) is 5.06. The Hall–Kier alpha value is -3.40. The number of ether oxygens (including phenoxy) is 1. The highest BCUT2D eigenvalue weighted by Gasteiger charge is 2.31. The molecule has 2 fully saturated rings. The lowest BCUT2D eigenvalue weighted by molar-refractivity contribution is -0.135. The van der Waals surface area contributed by atoms with E-state index in [1.165, 1.54) is 12.1 Å². The van der Waals surface area contributed by atoms with Crippen LogP contribution in [0.3, 0.4) is 0 Å². The molecule has 0 saturated carbocycles. The average molecular weight is 514 g/mol. The van der Waals surface area contributed by atoms with Gasteiger partial charge in [-0.3, -0.25) is 4.79 Å². The number of benzene rings is 2. The van der Waals surface area contributed by atoms with Crippen LogP contribution in [0.1, 0.15) is 37.4 Å². The van der Waals surface area contributed by atoms with Gasteiger partial charge < -0.3 is 19.9 Å². The minimum absolute atomic E-state index is 0.0319. The maximum absolute atomic E-state index is 14.9. The lowest BCUT2D eigenvalue weighted by Gasteiger charge is -2.37. The van der Waals surface area contributed by atoms with Gasteiger partial charge in [0, 0.05) is 56.3 Å². The van der Waals surface area contributed by atoms with Crippen LogP contribution in [0.4, 0.5) is 24.5 Å². The highest BCUT2D eigenvalue weighted by Crippen LogP contribution is 2.34. The summed E-state index contributed by atoms with van der Waals surface area (Å²) in [6, 6.07) is 9.30. The zero-order chi connectivity index (χ0) is 26.2. The van der Waals surface area contributed by atoms with Crippen LogP contribution in [0.25, 0.3) is 10.9 Å². The summed E-state index contributed by atoms with van der Waals surface area (Å²) in [6.07, 6.45) is 2.34. The fourth-order valence-electron chi connectivity index (χ4n) is 5.06. The van der Waals surface area contributed by atoms with Crippen molar-refractivity contribution >= 4 is 28.2 Å². The number of hydrogen-bond donors (Lipinski definition) is 1. The Balaban J connectivity index is 1.34. The molecule has 1 unspecified atom stereocenters. The lowest BCUT2D eigenvalue weighted by atomic mass is 10.0. The molecule has 2 aromatic carbocycles. The fraction of sp³-hybridized carbons (Fsp3) is 0.444. The number of fused-ring (bicyclic) bond motifs is 1. The number of amides is 1. The van der Waals surface area contributed by atoms with E-state index in [9.17, 15) is 18.0 Å². The van der Waals surface area contributed by atoms with Gasteiger partial charge in [-0.25, -0.2) is 13.2 Å². The Bertz CT molecular complexity index is 1280. The number of carbonyl (C=O) groups is 1. The number of aromatic nitrogens is 2. The van der Waals surface area contributed by atoms with E-state index in [2.05, 4.69) is 20.4 Å². The number of carbonyl (C=O) groups excluding carboxylic acids is 1. The third kappa shape index (κ3) is 5.20. The van der Waals surface area contributed by atoms with Crippen LogP contribution < -0.4 is 10.2 Å². The molecular formula is C27H30F3N5O2. The molecule has 2 saturated heterocycles. The zero-order valence-electron chi connectivity index (χ0n) is 20.9. The first-order chi connectivity index (χ1) is 17.7. The van der Waals surface area contributed by atoms with E-state index in [0.29, 0.717) is 57.5 Å². The van der Waals surface area contributed by atoms with Gasteiger partial charge in [-0.15, -0.1) is 0 Å². The molecule has 2 aliphatic heterocycles. The van der Waals surface area contributed by atoms with E-state index >= 15 is 0 Å². The molecule has 7 nitrogen and oxygen atoms in total. The van der Waals surface area contributed by atoms with E-state index in [1.807, 2.05) is 23.1 Å². The molecule has 37 heavy (non-hydrogen) atoms. The highest BCUT2D eigenvalue weighted by molar-refractivity contribution is 5.93. The number of rotatable bonds is 6. The Labute approximate surface area is 213 Å². The van der Waals surface area contributed by atoms with Gasteiger partial charge in [0.15, 0.2) is 0 Å². The van der Waals surface area contributed by atoms with Crippen LogP contribution >= 0.6 is 0 Å². The maximum atomic E-state index is 14.9. The predicted molar refractivity (Wildman–Crippen MR) is 135 cm³/mol. The molecule has 0 bridgehead atoms. The second kappa shape index (κ2) is 10.2. The maximum Gasteiger partial charge on any atom is 0.273 e. The van der Waals surface area contributed by atoms with E-state index in [1.54, 1.807) is 13.1 Å². The van der Waals surface area contributed by atoms with Gasteiger partial charge in [-0.1, -0.05) is 18.2 Å². The molecule has 1 aromatic heterocycles. The lowest BCUT2D eigenvalue weighted by Crippen LogP contribution is -2.50. The Morgan fingerprint density at radius 3 is 2.68 bits per heavy atom. The largest absolute Gasteiger partial charge is 0.381 e. The third-order valence-corrected chi connectivity index (χ3v) is 7.20. The summed E-state index contributed by atoms with van der Waals surface area (Å²) in [4.78, 5) is 16.9. The molecule has 0 spiro atoms. The number of nitrogens with zero attached hydrogens (tertiary/aromatic N) is 4. The molecular weight excluding hydrogens is 483 g/mol. The highest BCUT2D eigenvalue weighted by atomic mass is 19.3. The van der Waals surface area contributed by atoms with Crippen molar-refractivity contribution in [3.8, 4) is 0 Å². The molecule has 5 rings (SSSR count). The van der Waals surface area contributed by atoms with Gasteiger partial charge in [-0.2, -0.15) is 10.2 Å². The van der Waals surface area contributed by atoms with Crippen molar-refractivity contribution in [2.24, 2.45) is 5.92 Å². The molecule has 196 valence electrons. The second-order valence-corrected chi connectivity index (χ2v) is 9.80. The zero-order valence-corrected chi connectivity index (χ0v) is 20.9. The molecule has 10 heteroatoms. The molecule has 2 atom stereocenters. The van der Waals surface area contributed by atoms with E-state index < -0.39 is 23.3 Å². The molecule has 3 aromatic rings. The van der Waals surface area contributed by atoms with Crippen molar-refractivity contribution in [1.29, 1.82) is 0 Å². The second-order valence-electron chi connectivity index (χ2n) is 9.80. The third-order valence-electron chi connectivity index (χ3n) is 7.20. The van der Waals surface area contributed by atoms with Crippen molar-refractivity contribution in [3.05, 3.63) is 59.5 Å². The van der Waals surface area contributed by atoms with E-state index in [0.717, 1.165) is 23.6 Å². The standard InChI is InChI=1S/C27H30F3N5O2/c1-17(20-4-3-5-22(25(20)28)27(2,29)30)32-24-15-31-33-23-7-6-19(14-21(23)24)34-9-11-35(12-10-34)26(36)18-8-13-37-16-18/h3-7,14-15,17-18H,8-13,16H2,1-2H3,(H,32,33)/t17-,18?/m1/s1. The molecule has 1 N–H and O–H groups in total. The van der Waals surface area contributed by atoms with Gasteiger partial charge in [0.1, 0.15) is 5.82 Å². The van der Waals surface area contributed by atoms with Crippen LogP contribution in [-0.4, -0.2) is 60.4 Å². The summed E-state index contributed by atoms with van der Waals surface area (Å²) in [7, 11) is 0. The number of halogens is 3. The van der Waals surface area contributed by atoms with E-state index in [4.69, 9.17) is 4.74 Å². The van der Waals surface area contributed by atoms with Gasteiger partial charge in [-0.05, 0) is 31.5 Å². The number of hydrogen-bond acceptors (Lipinski definition) is 6. The van der Waals surface area contributed by atoms with Crippen LogP contribution in [0.5, 0.6) is 0 Å². The van der Waals surface area contributed by atoms with Crippen LogP contribution in [0.15, 0.2) is 42.6 Å². The average Bonchev–Trinajstić information content (AvgIpc) is 3.43. The Kier molecular flexibility index (Phi) is 6.94. The molecule has 3 heterocycles. The summed E-state index contributed by atoms with van der Waals surface area (Å²) in [5.74, 6) is -4.06. The summed E-state index contributed by atoms with van der Waals surface area (Å²) in [5, 5.41) is 12.3. The first-order valence-corrected chi connectivity index (χ1v) is 12.5. The topological polar surface area (TPSA) is 70.6 Å². The minimum Gasteiger partial charge on any atom is -0.381 e. The molecule has 2 aliphatic rings. The van der Waals surface area contributed by atoms with Crippen molar-refractivity contribution in [3.63, 3.8) is 0 Å². The van der Waals surface area contributed by atoms with Crippen LogP contribution in [-0.2, 0) is 15.5 Å². The van der Waals surface area contributed by atoms with Gasteiger partial charge in [0.05, 0.1) is 41.5 Å². The molecule has 0 aliphatic carbocycles. The first kappa shape index (κ1) is 25.3. The number of nitrogens with one attached hydrogen (secondary N) is 1. The van der Waals surface area contributed by atoms with Crippen molar-refractivity contribution < 1.29 is 22.7 Å². The SMILES string of the molecule is C[C@@H](Nc1cnnc2ccc(N3CCN(C(=O)C4CCOC4)CC3)cc12)c1cccc(C(C)(F)F)c1F.